The van der Waals surface area contributed by atoms with Crippen LogP contribution in [0.5, 0.6) is 0 Å². The van der Waals surface area contributed by atoms with Crippen LogP contribution in [0, 0.1) is 15.9 Å². The number of fused-ring (bicyclic) bond motifs is 1. The summed E-state index contributed by atoms with van der Waals surface area (Å²) >= 11 is 1.06. The molecule has 0 N–H and O–H groups in total. The minimum atomic E-state index is -0.661. The van der Waals surface area contributed by atoms with Crippen LogP contribution in [-0.2, 0) is 20.9 Å². The number of hydrogen-bond acceptors (Lipinski definition) is 6. The number of ether oxygens (including phenoxy) is 1. The van der Waals surface area contributed by atoms with E-state index in [0.717, 1.165) is 17.4 Å². The van der Waals surface area contributed by atoms with Crippen LogP contribution in [0.3, 0.4) is 0 Å². The quantitative estimate of drug-likeness (QED) is 0.258. The zero-order chi connectivity index (χ0) is 21.7. The van der Waals surface area contributed by atoms with Crippen LogP contribution < -0.4 is 4.80 Å². The lowest BCUT2D eigenvalue weighted by molar-refractivity contribution is -0.384. The standard InChI is InChI=1S/C20H16FN3O5S/c1-2-29-18(26)12-23-19-15(21)7-4-8-16(19)30-20(23)22-17(25)10-9-13-5-3-6-14(11-13)24(27)28/h3-11H,2,12H2,1H3. The molecule has 30 heavy (non-hydrogen) atoms. The third-order valence-corrected chi connectivity index (χ3v) is 4.99. The number of thiazole rings is 1. The van der Waals surface area contributed by atoms with Crippen LogP contribution in [0.4, 0.5) is 10.1 Å². The molecule has 0 radical (unpaired) electrons. The van der Waals surface area contributed by atoms with Gasteiger partial charge in [0.05, 0.1) is 21.7 Å². The average Bonchev–Trinajstić information content (AvgIpc) is 3.05. The van der Waals surface area contributed by atoms with Crippen molar-refractivity contribution in [3.63, 3.8) is 0 Å². The van der Waals surface area contributed by atoms with Gasteiger partial charge in [-0.2, -0.15) is 4.99 Å². The number of nitro groups is 1. The molecule has 0 aliphatic rings. The Balaban J connectivity index is 1.97. The highest BCUT2D eigenvalue weighted by Gasteiger charge is 2.15. The summed E-state index contributed by atoms with van der Waals surface area (Å²) < 4.78 is 21.1. The summed E-state index contributed by atoms with van der Waals surface area (Å²) in [6.07, 6.45) is 2.54. The second-order valence-corrected chi connectivity index (χ2v) is 7.01. The number of hydrogen-bond donors (Lipinski definition) is 0. The fraction of sp³-hybridized carbons (Fsp3) is 0.150. The second-order valence-electron chi connectivity index (χ2n) is 6.00. The number of rotatable bonds is 6. The highest BCUT2D eigenvalue weighted by Crippen LogP contribution is 2.20. The van der Waals surface area contributed by atoms with E-state index < -0.39 is 22.6 Å². The van der Waals surface area contributed by atoms with Crippen molar-refractivity contribution in [1.82, 2.24) is 4.57 Å². The van der Waals surface area contributed by atoms with Crippen LogP contribution in [0.2, 0.25) is 0 Å². The fourth-order valence-electron chi connectivity index (χ4n) is 2.70. The van der Waals surface area contributed by atoms with Gasteiger partial charge in [-0.25, -0.2) is 4.39 Å². The molecular weight excluding hydrogens is 413 g/mol. The van der Waals surface area contributed by atoms with Crippen molar-refractivity contribution in [2.45, 2.75) is 13.5 Å². The number of amides is 1. The number of para-hydroxylation sites is 1. The fourth-order valence-corrected chi connectivity index (χ4v) is 3.74. The van der Waals surface area contributed by atoms with E-state index in [-0.39, 0.29) is 29.2 Å². The molecule has 154 valence electrons. The van der Waals surface area contributed by atoms with Crippen molar-refractivity contribution in [1.29, 1.82) is 0 Å². The number of carbonyl (C=O) groups excluding carboxylic acids is 2. The summed E-state index contributed by atoms with van der Waals surface area (Å²) in [7, 11) is 0. The van der Waals surface area contributed by atoms with E-state index >= 15 is 0 Å². The predicted molar refractivity (Wildman–Crippen MR) is 109 cm³/mol. The summed E-state index contributed by atoms with van der Waals surface area (Å²) in [5.41, 5.74) is 0.507. The molecule has 0 bridgehead atoms. The highest BCUT2D eigenvalue weighted by atomic mass is 32.1. The molecular formula is C20H16FN3O5S. The van der Waals surface area contributed by atoms with Gasteiger partial charge in [-0.3, -0.25) is 19.7 Å². The summed E-state index contributed by atoms with van der Waals surface area (Å²) in [5, 5.41) is 10.8. The number of non-ortho nitro benzene ring substituents is 1. The van der Waals surface area contributed by atoms with E-state index in [1.807, 2.05) is 0 Å². The average molecular weight is 429 g/mol. The third-order valence-electron chi connectivity index (χ3n) is 3.95. The highest BCUT2D eigenvalue weighted by molar-refractivity contribution is 7.16. The number of aromatic nitrogens is 1. The van der Waals surface area contributed by atoms with E-state index in [9.17, 15) is 24.1 Å². The van der Waals surface area contributed by atoms with Crippen molar-refractivity contribution < 1.29 is 23.6 Å². The monoisotopic (exact) mass is 429 g/mol. The maximum absolute atomic E-state index is 14.3. The van der Waals surface area contributed by atoms with Gasteiger partial charge in [0.1, 0.15) is 12.4 Å². The van der Waals surface area contributed by atoms with E-state index in [4.69, 9.17) is 4.74 Å². The number of nitrogens with zero attached hydrogens (tertiary/aromatic N) is 3. The normalized spacial score (nSPS) is 11.9. The Labute approximate surface area is 173 Å². The first-order valence-electron chi connectivity index (χ1n) is 8.83. The molecule has 0 fully saturated rings. The maximum Gasteiger partial charge on any atom is 0.326 e. The lowest BCUT2D eigenvalue weighted by Crippen LogP contribution is -2.23. The molecule has 3 rings (SSSR count). The second kappa shape index (κ2) is 9.23. The Kier molecular flexibility index (Phi) is 6.48. The molecule has 2 aromatic carbocycles. The van der Waals surface area contributed by atoms with E-state index in [1.165, 1.54) is 41.0 Å². The summed E-state index contributed by atoms with van der Waals surface area (Å²) in [6, 6.07) is 10.2. The molecule has 0 aliphatic carbocycles. The van der Waals surface area contributed by atoms with E-state index in [0.29, 0.717) is 10.3 Å². The first kappa shape index (κ1) is 21.1. The SMILES string of the molecule is CCOC(=O)Cn1c(=NC(=O)C=Cc2cccc([N+](=O)[O-])c2)sc2cccc(F)c21. The van der Waals surface area contributed by atoms with Crippen molar-refractivity contribution in [3.8, 4) is 0 Å². The van der Waals surface area contributed by atoms with Crippen LogP contribution in [0.15, 0.2) is 53.5 Å². The van der Waals surface area contributed by atoms with Gasteiger partial charge in [0.15, 0.2) is 4.80 Å². The summed E-state index contributed by atoms with van der Waals surface area (Å²) in [5.74, 6) is -1.79. The van der Waals surface area contributed by atoms with E-state index in [2.05, 4.69) is 4.99 Å². The Hall–Kier alpha value is -3.66. The summed E-state index contributed by atoms with van der Waals surface area (Å²) in [6.45, 7) is 1.53. The largest absolute Gasteiger partial charge is 0.465 e. The molecule has 0 unspecified atom stereocenters. The van der Waals surface area contributed by atoms with Gasteiger partial charge >= 0.3 is 5.97 Å². The van der Waals surface area contributed by atoms with E-state index in [1.54, 1.807) is 19.1 Å². The van der Waals surface area contributed by atoms with Crippen LogP contribution in [0.25, 0.3) is 16.3 Å². The van der Waals surface area contributed by atoms with Crippen molar-refractivity contribution in [2.75, 3.05) is 6.61 Å². The zero-order valence-electron chi connectivity index (χ0n) is 15.8. The number of nitro benzene ring substituents is 1. The molecule has 0 aliphatic heterocycles. The first-order valence-corrected chi connectivity index (χ1v) is 9.65. The Morgan fingerprint density at radius 3 is 2.80 bits per heavy atom. The molecule has 0 spiro atoms. The minimum Gasteiger partial charge on any atom is -0.465 e. The zero-order valence-corrected chi connectivity index (χ0v) is 16.6. The Bertz CT molecular complexity index is 1230. The number of halogens is 1. The molecule has 1 heterocycles. The lowest BCUT2D eigenvalue weighted by Gasteiger charge is -2.05. The molecule has 10 heteroatoms. The molecule has 8 nitrogen and oxygen atoms in total. The molecule has 0 saturated carbocycles. The maximum atomic E-state index is 14.3. The molecule has 1 aromatic heterocycles. The Morgan fingerprint density at radius 1 is 1.30 bits per heavy atom. The molecule has 0 atom stereocenters. The third kappa shape index (κ3) is 4.84. The number of benzene rings is 2. The van der Waals surface area contributed by atoms with Gasteiger partial charge in [0, 0.05) is 18.2 Å². The lowest BCUT2D eigenvalue weighted by atomic mass is 10.2. The van der Waals surface area contributed by atoms with Gasteiger partial charge in [0.25, 0.3) is 11.6 Å². The van der Waals surface area contributed by atoms with Crippen LogP contribution in [-0.4, -0.2) is 28.0 Å². The Morgan fingerprint density at radius 2 is 2.07 bits per heavy atom. The molecule has 3 aromatic rings. The van der Waals surface area contributed by atoms with Crippen LogP contribution in [0.1, 0.15) is 12.5 Å². The predicted octanol–water partition coefficient (Wildman–Crippen LogP) is 3.45. The molecule has 1 amide bonds. The van der Waals surface area contributed by atoms with Crippen molar-refractivity contribution >= 4 is 45.2 Å². The number of esters is 1. The van der Waals surface area contributed by atoms with Crippen LogP contribution >= 0.6 is 11.3 Å². The van der Waals surface area contributed by atoms with Gasteiger partial charge in [-0.15, -0.1) is 0 Å². The van der Waals surface area contributed by atoms with Gasteiger partial charge in [-0.1, -0.05) is 29.5 Å². The van der Waals surface area contributed by atoms with Gasteiger partial charge in [0.2, 0.25) is 0 Å². The van der Waals surface area contributed by atoms with Gasteiger partial charge in [-0.05, 0) is 30.7 Å². The van der Waals surface area contributed by atoms with Crippen molar-refractivity contribution in [3.05, 3.63) is 74.8 Å². The number of carbonyl (C=O) groups is 2. The van der Waals surface area contributed by atoms with Gasteiger partial charge < -0.3 is 9.30 Å². The summed E-state index contributed by atoms with van der Waals surface area (Å²) in [4.78, 5) is 38.7. The minimum absolute atomic E-state index is 0.103. The molecule has 0 saturated heterocycles. The van der Waals surface area contributed by atoms with Crippen molar-refractivity contribution in [2.24, 2.45) is 4.99 Å². The smallest absolute Gasteiger partial charge is 0.326 e. The topological polar surface area (TPSA) is 104 Å². The first-order chi connectivity index (χ1) is 14.4.